The van der Waals surface area contributed by atoms with Gasteiger partial charge in [-0.1, -0.05) is 0 Å². The van der Waals surface area contributed by atoms with Crippen LogP contribution < -0.4 is 10.1 Å². The highest BCUT2D eigenvalue weighted by Gasteiger charge is 2.30. The molecule has 1 atom stereocenters. The molecule has 8 heteroatoms. The number of imidazole rings is 1. The van der Waals surface area contributed by atoms with E-state index in [1.807, 2.05) is 0 Å². The number of rotatable bonds is 7. The molecular weight excluding hydrogens is 299 g/mol. The molecular formula is C14H16F3N3O2. The molecule has 1 aromatic heterocycles. The SMILES string of the molecule is OC(CNCc1ncc[nH]1)COc1ccc(C(F)(F)F)cc1. The van der Waals surface area contributed by atoms with Crippen LogP contribution in [0.25, 0.3) is 0 Å². The Kier molecular flexibility index (Phi) is 5.40. The first-order valence-electron chi connectivity index (χ1n) is 6.62. The Morgan fingerprint density at radius 1 is 1.27 bits per heavy atom. The largest absolute Gasteiger partial charge is 0.491 e. The predicted octanol–water partition coefficient (Wildman–Crippen LogP) is 1.96. The number of ether oxygens (including phenoxy) is 1. The van der Waals surface area contributed by atoms with E-state index in [-0.39, 0.29) is 18.9 Å². The van der Waals surface area contributed by atoms with Crippen molar-refractivity contribution < 1.29 is 23.0 Å². The fraction of sp³-hybridized carbons (Fsp3) is 0.357. The third kappa shape index (κ3) is 5.05. The summed E-state index contributed by atoms with van der Waals surface area (Å²) >= 11 is 0. The van der Waals surface area contributed by atoms with Gasteiger partial charge in [0, 0.05) is 18.9 Å². The normalized spacial score (nSPS) is 13.1. The van der Waals surface area contributed by atoms with Crippen molar-refractivity contribution in [3.05, 3.63) is 48.0 Å². The minimum Gasteiger partial charge on any atom is -0.491 e. The molecule has 2 aromatic rings. The van der Waals surface area contributed by atoms with Gasteiger partial charge in [-0.3, -0.25) is 0 Å². The number of hydrogen-bond acceptors (Lipinski definition) is 4. The van der Waals surface area contributed by atoms with Gasteiger partial charge in [0.25, 0.3) is 0 Å². The van der Waals surface area contributed by atoms with Crippen molar-refractivity contribution in [3.8, 4) is 5.75 Å². The standard InChI is InChI=1S/C14H16F3N3O2/c15-14(16,17)10-1-3-12(4-2-10)22-9-11(21)7-18-8-13-19-5-6-20-13/h1-6,11,18,21H,7-9H2,(H,19,20). The van der Waals surface area contributed by atoms with Crippen LogP contribution in [0.5, 0.6) is 5.75 Å². The van der Waals surface area contributed by atoms with Crippen LogP contribution >= 0.6 is 0 Å². The van der Waals surface area contributed by atoms with Gasteiger partial charge in [-0.05, 0) is 24.3 Å². The number of alkyl halides is 3. The zero-order valence-electron chi connectivity index (χ0n) is 11.6. The fourth-order valence-corrected chi connectivity index (χ4v) is 1.74. The van der Waals surface area contributed by atoms with E-state index in [1.165, 1.54) is 12.1 Å². The number of aliphatic hydroxyl groups is 1. The lowest BCUT2D eigenvalue weighted by atomic mass is 10.2. The number of aromatic nitrogens is 2. The van der Waals surface area contributed by atoms with Crippen LogP contribution in [0.1, 0.15) is 11.4 Å². The molecule has 0 aliphatic heterocycles. The lowest BCUT2D eigenvalue weighted by Crippen LogP contribution is -2.31. The number of aliphatic hydroxyl groups excluding tert-OH is 1. The predicted molar refractivity (Wildman–Crippen MR) is 73.2 cm³/mol. The molecule has 1 heterocycles. The van der Waals surface area contributed by atoms with Crippen molar-refractivity contribution in [2.75, 3.05) is 13.2 Å². The maximum Gasteiger partial charge on any atom is 0.416 e. The lowest BCUT2D eigenvalue weighted by molar-refractivity contribution is -0.137. The van der Waals surface area contributed by atoms with Crippen molar-refractivity contribution in [1.29, 1.82) is 0 Å². The van der Waals surface area contributed by atoms with E-state index >= 15 is 0 Å². The zero-order chi connectivity index (χ0) is 16.0. The minimum absolute atomic E-state index is 0.0173. The molecule has 3 N–H and O–H groups in total. The van der Waals surface area contributed by atoms with Gasteiger partial charge in [0.1, 0.15) is 24.3 Å². The highest BCUT2D eigenvalue weighted by molar-refractivity contribution is 5.28. The van der Waals surface area contributed by atoms with Crippen molar-refractivity contribution in [2.24, 2.45) is 0 Å². The Hall–Kier alpha value is -2.06. The van der Waals surface area contributed by atoms with Gasteiger partial charge in [-0.25, -0.2) is 4.98 Å². The van der Waals surface area contributed by atoms with Gasteiger partial charge in [-0.15, -0.1) is 0 Å². The molecule has 120 valence electrons. The van der Waals surface area contributed by atoms with Gasteiger partial charge < -0.3 is 20.1 Å². The average molecular weight is 315 g/mol. The van der Waals surface area contributed by atoms with Crippen LogP contribution in [0.4, 0.5) is 13.2 Å². The fourth-order valence-electron chi connectivity index (χ4n) is 1.74. The van der Waals surface area contributed by atoms with Gasteiger partial charge in [0.15, 0.2) is 0 Å². The number of halogens is 3. The number of nitrogens with zero attached hydrogens (tertiary/aromatic N) is 1. The summed E-state index contributed by atoms with van der Waals surface area (Å²) < 4.78 is 42.4. The number of benzene rings is 1. The van der Waals surface area contributed by atoms with Gasteiger partial charge in [-0.2, -0.15) is 13.2 Å². The second kappa shape index (κ2) is 7.28. The van der Waals surface area contributed by atoms with Crippen molar-refractivity contribution in [2.45, 2.75) is 18.8 Å². The smallest absolute Gasteiger partial charge is 0.416 e. The van der Waals surface area contributed by atoms with Crippen LogP contribution in [0.2, 0.25) is 0 Å². The van der Waals surface area contributed by atoms with Crippen LogP contribution in [0, 0.1) is 0 Å². The second-order valence-corrected chi connectivity index (χ2v) is 4.65. The Balaban J connectivity index is 1.70. The summed E-state index contributed by atoms with van der Waals surface area (Å²) in [6.07, 6.45) is -1.83. The Morgan fingerprint density at radius 2 is 2.00 bits per heavy atom. The molecule has 22 heavy (non-hydrogen) atoms. The van der Waals surface area contributed by atoms with E-state index in [9.17, 15) is 18.3 Å². The van der Waals surface area contributed by atoms with Crippen molar-refractivity contribution in [3.63, 3.8) is 0 Å². The van der Waals surface area contributed by atoms with Crippen LogP contribution in [-0.2, 0) is 12.7 Å². The van der Waals surface area contributed by atoms with E-state index in [4.69, 9.17) is 4.74 Å². The number of hydrogen-bond donors (Lipinski definition) is 3. The third-order valence-electron chi connectivity index (χ3n) is 2.85. The summed E-state index contributed by atoms with van der Waals surface area (Å²) in [5.74, 6) is 1.02. The summed E-state index contributed by atoms with van der Waals surface area (Å²) in [7, 11) is 0. The van der Waals surface area contributed by atoms with Crippen molar-refractivity contribution in [1.82, 2.24) is 15.3 Å². The maximum absolute atomic E-state index is 12.4. The molecule has 0 saturated heterocycles. The van der Waals surface area contributed by atoms with Crippen LogP contribution in [0.15, 0.2) is 36.7 Å². The molecule has 2 rings (SSSR count). The Labute approximate surface area is 125 Å². The van der Waals surface area contributed by atoms with Gasteiger partial charge >= 0.3 is 6.18 Å². The van der Waals surface area contributed by atoms with E-state index in [1.54, 1.807) is 12.4 Å². The molecule has 0 aliphatic carbocycles. The van der Waals surface area contributed by atoms with E-state index in [2.05, 4.69) is 15.3 Å². The van der Waals surface area contributed by atoms with Gasteiger partial charge in [0.2, 0.25) is 0 Å². The molecule has 0 fully saturated rings. The molecule has 0 aliphatic rings. The number of nitrogens with one attached hydrogen (secondary N) is 2. The molecule has 0 bridgehead atoms. The molecule has 0 spiro atoms. The summed E-state index contributed by atoms with van der Waals surface area (Å²) in [6, 6.07) is 4.34. The van der Waals surface area contributed by atoms with E-state index in [0.29, 0.717) is 6.54 Å². The average Bonchev–Trinajstić information content (AvgIpc) is 2.98. The molecule has 1 aromatic carbocycles. The van der Waals surface area contributed by atoms with Crippen LogP contribution in [-0.4, -0.2) is 34.3 Å². The topological polar surface area (TPSA) is 70.2 Å². The summed E-state index contributed by atoms with van der Waals surface area (Å²) in [5, 5.41) is 12.7. The third-order valence-corrected chi connectivity index (χ3v) is 2.85. The van der Waals surface area contributed by atoms with Crippen LogP contribution in [0.3, 0.4) is 0 Å². The summed E-state index contributed by atoms with van der Waals surface area (Å²) in [6.45, 7) is 0.738. The lowest BCUT2D eigenvalue weighted by Gasteiger charge is -2.13. The first-order chi connectivity index (χ1) is 10.4. The molecule has 0 saturated carbocycles. The molecule has 1 unspecified atom stereocenters. The van der Waals surface area contributed by atoms with Crippen molar-refractivity contribution >= 4 is 0 Å². The molecule has 5 nitrogen and oxygen atoms in total. The zero-order valence-corrected chi connectivity index (χ0v) is 11.6. The summed E-state index contributed by atoms with van der Waals surface area (Å²) in [4.78, 5) is 6.92. The maximum atomic E-state index is 12.4. The molecule has 0 amide bonds. The summed E-state index contributed by atoms with van der Waals surface area (Å²) in [5.41, 5.74) is -0.736. The van der Waals surface area contributed by atoms with E-state index in [0.717, 1.165) is 18.0 Å². The van der Waals surface area contributed by atoms with Gasteiger partial charge in [0.05, 0.1) is 12.1 Å². The molecule has 0 radical (unpaired) electrons. The highest BCUT2D eigenvalue weighted by Crippen LogP contribution is 2.30. The first kappa shape index (κ1) is 16.3. The monoisotopic (exact) mass is 315 g/mol. The first-order valence-corrected chi connectivity index (χ1v) is 6.62. The minimum atomic E-state index is -4.37. The quantitative estimate of drug-likeness (QED) is 0.730. The Bertz CT molecular complexity index is 556. The highest BCUT2D eigenvalue weighted by atomic mass is 19.4. The Morgan fingerprint density at radius 3 is 2.59 bits per heavy atom. The number of H-pyrrole nitrogens is 1. The number of aromatic amines is 1. The van der Waals surface area contributed by atoms with E-state index < -0.39 is 17.8 Å². The second-order valence-electron chi connectivity index (χ2n) is 4.65.